The van der Waals surface area contributed by atoms with Crippen molar-refractivity contribution in [3.63, 3.8) is 0 Å². The quantitative estimate of drug-likeness (QED) is 0.652. The van der Waals surface area contributed by atoms with Gasteiger partial charge in [-0.1, -0.05) is 11.6 Å². The van der Waals surface area contributed by atoms with E-state index in [4.69, 9.17) is 16.3 Å². The fourth-order valence-electron chi connectivity index (χ4n) is 3.35. The highest BCUT2D eigenvalue weighted by Crippen LogP contribution is 2.51. The summed E-state index contributed by atoms with van der Waals surface area (Å²) in [4.78, 5) is 27.8. The molecule has 1 aromatic heterocycles. The fourth-order valence-corrected chi connectivity index (χ4v) is 3.51. The summed E-state index contributed by atoms with van der Waals surface area (Å²) >= 11 is 6.18. The summed E-state index contributed by atoms with van der Waals surface area (Å²) in [5.41, 5.74) is 1.43. The number of carbonyl (C=O) groups is 2. The predicted octanol–water partition coefficient (Wildman–Crippen LogP) is 4.42. The van der Waals surface area contributed by atoms with E-state index in [1.165, 1.54) is 37.4 Å². The Bertz CT molecular complexity index is 1070. The van der Waals surface area contributed by atoms with Crippen molar-refractivity contribution < 1.29 is 18.7 Å². The second-order valence-corrected chi connectivity index (χ2v) is 7.02. The summed E-state index contributed by atoms with van der Waals surface area (Å²) in [5, 5.41) is 3.97. The van der Waals surface area contributed by atoms with Gasteiger partial charge in [-0.15, -0.1) is 0 Å². The van der Waals surface area contributed by atoms with Gasteiger partial charge in [0.2, 0.25) is 5.91 Å². The number of hydrogen-bond donors (Lipinski definition) is 2. The number of aromatic nitrogens is 1. The Morgan fingerprint density at radius 3 is 2.70 bits per heavy atom. The highest BCUT2D eigenvalue weighted by atomic mass is 35.5. The lowest BCUT2D eigenvalue weighted by Crippen LogP contribution is -2.28. The maximum Gasteiger partial charge on any atom is 0.337 e. The van der Waals surface area contributed by atoms with Crippen LogP contribution in [0.5, 0.6) is 0 Å². The molecule has 0 atom stereocenters. The molecule has 27 heavy (non-hydrogen) atoms. The number of hydrogen-bond acceptors (Lipinski definition) is 3. The highest BCUT2D eigenvalue weighted by molar-refractivity contribution is 6.34. The van der Waals surface area contributed by atoms with E-state index in [9.17, 15) is 14.0 Å². The molecule has 0 spiro atoms. The number of ether oxygens (including phenoxy) is 1. The van der Waals surface area contributed by atoms with Crippen molar-refractivity contribution in [3.8, 4) is 0 Å². The van der Waals surface area contributed by atoms with E-state index in [0.29, 0.717) is 34.6 Å². The van der Waals surface area contributed by atoms with Crippen molar-refractivity contribution in [3.05, 3.63) is 64.6 Å². The predicted molar refractivity (Wildman–Crippen MR) is 101 cm³/mol. The van der Waals surface area contributed by atoms with Crippen LogP contribution in [0.4, 0.5) is 10.1 Å². The van der Waals surface area contributed by atoms with Crippen molar-refractivity contribution >= 4 is 40.1 Å². The van der Waals surface area contributed by atoms with Crippen molar-refractivity contribution in [1.29, 1.82) is 0 Å². The molecule has 2 N–H and O–H groups in total. The van der Waals surface area contributed by atoms with Gasteiger partial charge in [0.05, 0.1) is 28.8 Å². The molecule has 1 amide bonds. The van der Waals surface area contributed by atoms with Crippen LogP contribution in [0.3, 0.4) is 0 Å². The fraction of sp³-hybridized carbons (Fsp3) is 0.200. The largest absolute Gasteiger partial charge is 0.465 e. The lowest BCUT2D eigenvalue weighted by atomic mass is 9.94. The number of carbonyl (C=O) groups excluding carboxylic acids is 2. The number of nitrogens with one attached hydrogen (secondary N) is 2. The van der Waals surface area contributed by atoms with E-state index in [1.807, 2.05) is 0 Å². The minimum atomic E-state index is -0.694. The van der Waals surface area contributed by atoms with Crippen LogP contribution in [0.2, 0.25) is 5.02 Å². The van der Waals surface area contributed by atoms with Crippen LogP contribution in [0.25, 0.3) is 10.9 Å². The van der Waals surface area contributed by atoms with Gasteiger partial charge in [-0.2, -0.15) is 0 Å². The van der Waals surface area contributed by atoms with Crippen molar-refractivity contribution in [2.24, 2.45) is 0 Å². The van der Waals surface area contributed by atoms with Gasteiger partial charge in [-0.05, 0) is 54.8 Å². The molecule has 1 saturated carbocycles. The Labute approximate surface area is 159 Å². The molecule has 1 heterocycles. The minimum Gasteiger partial charge on any atom is -0.465 e. The highest BCUT2D eigenvalue weighted by Gasteiger charge is 2.52. The molecule has 0 radical (unpaired) electrons. The first-order valence-electron chi connectivity index (χ1n) is 8.41. The Morgan fingerprint density at radius 2 is 2.00 bits per heavy atom. The SMILES string of the molecule is COC(=O)c1ccc(Cl)c(NC(=O)C2(c3c[nH]c4cc(F)ccc34)CC2)c1. The zero-order chi connectivity index (χ0) is 19.2. The van der Waals surface area contributed by atoms with Gasteiger partial charge in [0, 0.05) is 17.1 Å². The topological polar surface area (TPSA) is 71.2 Å². The number of esters is 1. The third-order valence-corrected chi connectivity index (χ3v) is 5.31. The van der Waals surface area contributed by atoms with Crippen molar-refractivity contribution in [2.75, 3.05) is 12.4 Å². The van der Waals surface area contributed by atoms with E-state index < -0.39 is 11.4 Å². The summed E-state index contributed by atoms with van der Waals surface area (Å²) in [6, 6.07) is 9.03. The zero-order valence-electron chi connectivity index (χ0n) is 14.4. The summed E-state index contributed by atoms with van der Waals surface area (Å²) in [7, 11) is 1.29. The molecule has 0 aliphatic heterocycles. The normalized spacial score (nSPS) is 14.8. The second kappa shape index (κ2) is 6.39. The third-order valence-electron chi connectivity index (χ3n) is 4.98. The number of methoxy groups -OCH3 is 1. The summed E-state index contributed by atoms with van der Waals surface area (Å²) < 4.78 is 18.1. The van der Waals surface area contributed by atoms with Crippen LogP contribution < -0.4 is 5.32 Å². The van der Waals surface area contributed by atoms with Crippen molar-refractivity contribution in [2.45, 2.75) is 18.3 Å². The van der Waals surface area contributed by atoms with E-state index in [1.54, 1.807) is 12.3 Å². The molecule has 138 valence electrons. The number of rotatable bonds is 4. The number of fused-ring (bicyclic) bond motifs is 1. The van der Waals surface area contributed by atoms with Gasteiger partial charge in [-0.25, -0.2) is 9.18 Å². The average Bonchev–Trinajstić information content (AvgIpc) is 3.36. The Hall–Kier alpha value is -2.86. The molecule has 0 unspecified atom stereocenters. The first-order chi connectivity index (χ1) is 12.9. The number of aromatic amines is 1. The maximum atomic E-state index is 13.4. The Kier molecular flexibility index (Phi) is 4.15. The molecule has 3 aromatic rings. The molecular formula is C20H16ClFN2O3. The lowest BCUT2D eigenvalue weighted by molar-refractivity contribution is -0.118. The van der Waals surface area contributed by atoms with Crippen LogP contribution in [-0.4, -0.2) is 24.0 Å². The average molecular weight is 387 g/mol. The number of benzene rings is 2. The van der Waals surface area contributed by atoms with Gasteiger partial charge < -0.3 is 15.0 Å². The molecule has 1 aliphatic carbocycles. The molecule has 1 fully saturated rings. The van der Waals surface area contributed by atoms with Crippen LogP contribution in [0, 0.1) is 5.82 Å². The summed E-state index contributed by atoms with van der Waals surface area (Å²) in [5.74, 6) is -1.06. The number of halogens is 2. The van der Waals surface area contributed by atoms with E-state index in [0.717, 1.165) is 10.9 Å². The number of anilines is 1. The molecule has 5 nitrogen and oxygen atoms in total. The Morgan fingerprint density at radius 1 is 1.22 bits per heavy atom. The lowest BCUT2D eigenvalue weighted by Gasteiger charge is -2.16. The van der Waals surface area contributed by atoms with Crippen LogP contribution in [0.1, 0.15) is 28.8 Å². The van der Waals surface area contributed by atoms with Gasteiger partial charge in [-0.3, -0.25) is 4.79 Å². The molecule has 2 aromatic carbocycles. The second-order valence-electron chi connectivity index (χ2n) is 6.61. The first kappa shape index (κ1) is 17.5. The molecular weight excluding hydrogens is 371 g/mol. The maximum absolute atomic E-state index is 13.4. The number of amides is 1. The third kappa shape index (κ3) is 2.96. The Balaban J connectivity index is 1.66. The molecule has 0 saturated heterocycles. The van der Waals surface area contributed by atoms with Crippen LogP contribution in [-0.2, 0) is 14.9 Å². The standard InChI is InChI=1S/C20H16ClFN2O3/c1-27-18(25)11-2-5-15(21)17(8-11)24-19(26)20(6-7-20)14-10-23-16-9-12(22)3-4-13(14)16/h2-5,8-10,23H,6-7H2,1H3,(H,24,26). The zero-order valence-corrected chi connectivity index (χ0v) is 15.2. The summed E-state index contributed by atoms with van der Waals surface area (Å²) in [6.07, 6.45) is 3.11. The molecule has 1 aliphatic rings. The van der Waals surface area contributed by atoms with Crippen molar-refractivity contribution in [1.82, 2.24) is 4.98 Å². The monoisotopic (exact) mass is 386 g/mol. The van der Waals surface area contributed by atoms with Gasteiger partial charge >= 0.3 is 5.97 Å². The van der Waals surface area contributed by atoms with E-state index in [-0.39, 0.29) is 11.7 Å². The van der Waals surface area contributed by atoms with Crippen LogP contribution >= 0.6 is 11.6 Å². The molecule has 7 heteroatoms. The minimum absolute atomic E-state index is 0.211. The van der Waals surface area contributed by atoms with E-state index in [2.05, 4.69) is 10.3 Å². The first-order valence-corrected chi connectivity index (χ1v) is 8.79. The van der Waals surface area contributed by atoms with E-state index >= 15 is 0 Å². The van der Waals surface area contributed by atoms with Gasteiger partial charge in [0.15, 0.2) is 0 Å². The smallest absolute Gasteiger partial charge is 0.337 e. The summed E-state index contributed by atoms with van der Waals surface area (Å²) in [6.45, 7) is 0. The van der Waals surface area contributed by atoms with Gasteiger partial charge in [0.1, 0.15) is 5.82 Å². The van der Waals surface area contributed by atoms with Crippen LogP contribution in [0.15, 0.2) is 42.6 Å². The van der Waals surface area contributed by atoms with Gasteiger partial charge in [0.25, 0.3) is 0 Å². The molecule has 0 bridgehead atoms. The molecule has 4 rings (SSSR count). The number of H-pyrrole nitrogens is 1.